The van der Waals surface area contributed by atoms with Gasteiger partial charge in [-0.2, -0.15) is 4.31 Å². The van der Waals surface area contributed by atoms with E-state index in [9.17, 15) is 17.6 Å². The molecule has 1 unspecified atom stereocenters. The number of hydrogen-bond acceptors (Lipinski definition) is 4. The molecule has 1 aromatic rings. The van der Waals surface area contributed by atoms with Gasteiger partial charge in [0.15, 0.2) is 0 Å². The lowest BCUT2D eigenvalue weighted by Crippen LogP contribution is -2.61. The zero-order valence-corrected chi connectivity index (χ0v) is 14.4. The van der Waals surface area contributed by atoms with Crippen LogP contribution >= 0.6 is 0 Å². The Balaban J connectivity index is 1.82. The van der Waals surface area contributed by atoms with Crippen LogP contribution in [0.2, 0.25) is 0 Å². The largest absolute Gasteiger partial charge is 0.370 e. The van der Waals surface area contributed by atoms with E-state index in [2.05, 4.69) is 0 Å². The lowest BCUT2D eigenvalue weighted by Gasteiger charge is -2.47. The van der Waals surface area contributed by atoms with Gasteiger partial charge in [0.2, 0.25) is 15.9 Å². The van der Waals surface area contributed by atoms with Gasteiger partial charge in [-0.1, -0.05) is 0 Å². The Morgan fingerprint density at radius 2 is 1.92 bits per heavy atom. The first-order valence-corrected chi connectivity index (χ1v) is 9.42. The van der Waals surface area contributed by atoms with Crippen molar-refractivity contribution in [3.05, 3.63) is 30.1 Å². The van der Waals surface area contributed by atoms with Crippen LogP contribution in [0.1, 0.15) is 19.8 Å². The minimum Gasteiger partial charge on any atom is -0.370 e. The Bertz CT molecular complexity index is 718. The topological polar surface area (TPSA) is 66.9 Å². The van der Waals surface area contributed by atoms with Crippen molar-refractivity contribution in [3.8, 4) is 0 Å². The summed E-state index contributed by atoms with van der Waals surface area (Å²) in [6, 6.07) is 4.83. The number of rotatable bonds is 2. The van der Waals surface area contributed by atoms with E-state index in [1.807, 2.05) is 0 Å². The van der Waals surface area contributed by atoms with Gasteiger partial charge in [0.1, 0.15) is 5.82 Å². The molecule has 2 aliphatic rings. The Hall–Kier alpha value is -1.51. The molecule has 0 aliphatic carbocycles. The van der Waals surface area contributed by atoms with Crippen LogP contribution in [0, 0.1) is 5.82 Å². The summed E-state index contributed by atoms with van der Waals surface area (Å²) in [6.07, 6.45) is 1.37. The number of benzene rings is 1. The van der Waals surface area contributed by atoms with Crippen LogP contribution in [-0.4, -0.2) is 61.9 Å². The molecule has 0 bridgehead atoms. The first-order chi connectivity index (χ1) is 11.3. The second-order valence-corrected chi connectivity index (χ2v) is 8.31. The van der Waals surface area contributed by atoms with Crippen molar-refractivity contribution in [2.24, 2.45) is 0 Å². The molecular weight excluding hydrogens is 335 g/mol. The minimum atomic E-state index is -3.71. The van der Waals surface area contributed by atoms with Crippen molar-refractivity contribution in [1.29, 1.82) is 0 Å². The Labute approximate surface area is 141 Å². The Morgan fingerprint density at radius 1 is 1.21 bits per heavy atom. The number of halogens is 1. The van der Waals surface area contributed by atoms with Crippen LogP contribution in [0.25, 0.3) is 0 Å². The number of ether oxygens (including phenoxy) is 1. The third kappa shape index (κ3) is 3.31. The van der Waals surface area contributed by atoms with Crippen molar-refractivity contribution in [1.82, 2.24) is 9.21 Å². The Morgan fingerprint density at radius 3 is 2.58 bits per heavy atom. The normalized spacial score (nSPS) is 25.8. The average Bonchev–Trinajstić information content (AvgIpc) is 2.55. The van der Waals surface area contributed by atoms with Gasteiger partial charge in [-0.3, -0.25) is 4.79 Å². The molecule has 2 fully saturated rings. The lowest BCUT2D eigenvalue weighted by atomic mass is 9.92. The summed E-state index contributed by atoms with van der Waals surface area (Å²) in [6.45, 7) is 3.44. The molecule has 6 nitrogen and oxygen atoms in total. The summed E-state index contributed by atoms with van der Waals surface area (Å²) in [5.41, 5.74) is -0.657. The van der Waals surface area contributed by atoms with Crippen molar-refractivity contribution in [2.75, 3.05) is 32.8 Å². The number of morpholine rings is 1. The zero-order valence-electron chi connectivity index (χ0n) is 13.6. The van der Waals surface area contributed by atoms with E-state index in [1.54, 1.807) is 4.90 Å². The second-order valence-electron chi connectivity index (χ2n) is 6.37. The van der Waals surface area contributed by atoms with E-state index in [1.165, 1.54) is 23.4 Å². The van der Waals surface area contributed by atoms with Gasteiger partial charge in [-0.05, 0) is 37.1 Å². The first-order valence-electron chi connectivity index (χ1n) is 7.98. The molecule has 8 heteroatoms. The van der Waals surface area contributed by atoms with Crippen LogP contribution in [0.3, 0.4) is 0 Å². The van der Waals surface area contributed by atoms with E-state index in [0.29, 0.717) is 39.1 Å². The number of nitrogens with zero attached hydrogens (tertiary/aromatic N) is 2. The van der Waals surface area contributed by atoms with Crippen LogP contribution < -0.4 is 0 Å². The summed E-state index contributed by atoms with van der Waals surface area (Å²) in [5.74, 6) is -0.507. The number of piperidine rings is 1. The maximum absolute atomic E-state index is 13.1. The SMILES string of the molecule is CC(=O)N1CCOC2(CCCN(S(=O)(=O)c3ccc(F)cc3)C2)C1. The van der Waals surface area contributed by atoms with Crippen molar-refractivity contribution >= 4 is 15.9 Å². The van der Waals surface area contributed by atoms with Crippen LogP contribution in [0.15, 0.2) is 29.2 Å². The van der Waals surface area contributed by atoms with Crippen molar-refractivity contribution < 1.29 is 22.3 Å². The minimum absolute atomic E-state index is 0.0313. The number of carbonyl (C=O) groups is 1. The molecule has 2 saturated heterocycles. The molecule has 0 saturated carbocycles. The fourth-order valence-corrected chi connectivity index (χ4v) is 4.93. The molecule has 24 heavy (non-hydrogen) atoms. The molecule has 1 aromatic carbocycles. The molecule has 1 spiro atoms. The van der Waals surface area contributed by atoms with E-state index >= 15 is 0 Å². The highest BCUT2D eigenvalue weighted by Gasteiger charge is 2.44. The van der Waals surface area contributed by atoms with Gasteiger partial charge >= 0.3 is 0 Å². The van der Waals surface area contributed by atoms with Crippen LogP contribution in [-0.2, 0) is 19.6 Å². The molecule has 0 radical (unpaired) electrons. The van der Waals surface area contributed by atoms with Gasteiger partial charge in [0.25, 0.3) is 0 Å². The predicted molar refractivity (Wildman–Crippen MR) is 85.3 cm³/mol. The van der Waals surface area contributed by atoms with Gasteiger partial charge in [-0.25, -0.2) is 12.8 Å². The molecule has 0 N–H and O–H groups in total. The second kappa shape index (κ2) is 6.42. The number of hydrogen-bond donors (Lipinski definition) is 0. The maximum Gasteiger partial charge on any atom is 0.243 e. The highest BCUT2D eigenvalue weighted by atomic mass is 32.2. The molecule has 2 heterocycles. The smallest absolute Gasteiger partial charge is 0.243 e. The summed E-state index contributed by atoms with van der Waals surface area (Å²) in [4.78, 5) is 13.4. The summed E-state index contributed by atoms with van der Waals surface area (Å²) >= 11 is 0. The van der Waals surface area contributed by atoms with Crippen molar-refractivity contribution in [2.45, 2.75) is 30.3 Å². The predicted octanol–water partition coefficient (Wildman–Crippen LogP) is 1.23. The quantitative estimate of drug-likeness (QED) is 0.799. The fourth-order valence-electron chi connectivity index (χ4n) is 3.38. The summed E-state index contributed by atoms with van der Waals surface area (Å²) in [5, 5.41) is 0. The van der Waals surface area contributed by atoms with E-state index in [4.69, 9.17) is 4.74 Å². The number of sulfonamides is 1. The number of amides is 1. The molecule has 3 rings (SSSR count). The zero-order chi connectivity index (χ0) is 17.4. The molecule has 2 aliphatic heterocycles. The Kier molecular flexibility index (Phi) is 4.63. The third-order valence-electron chi connectivity index (χ3n) is 4.65. The number of carbonyl (C=O) groups excluding carboxylic acids is 1. The first kappa shape index (κ1) is 17.3. The van der Waals surface area contributed by atoms with E-state index in [-0.39, 0.29) is 17.3 Å². The molecule has 0 aromatic heterocycles. The summed E-state index contributed by atoms with van der Waals surface area (Å²) < 4.78 is 46.0. The maximum atomic E-state index is 13.1. The van der Waals surface area contributed by atoms with Gasteiger partial charge in [0.05, 0.1) is 23.6 Å². The van der Waals surface area contributed by atoms with E-state index in [0.717, 1.165) is 12.1 Å². The third-order valence-corrected chi connectivity index (χ3v) is 6.51. The van der Waals surface area contributed by atoms with Gasteiger partial charge in [-0.15, -0.1) is 0 Å². The molecule has 1 amide bonds. The lowest BCUT2D eigenvalue weighted by molar-refractivity contribution is -0.155. The van der Waals surface area contributed by atoms with Gasteiger partial charge in [0, 0.05) is 26.6 Å². The van der Waals surface area contributed by atoms with Crippen LogP contribution in [0.4, 0.5) is 4.39 Å². The van der Waals surface area contributed by atoms with E-state index < -0.39 is 21.4 Å². The fraction of sp³-hybridized carbons (Fsp3) is 0.562. The molecule has 1 atom stereocenters. The highest BCUT2D eigenvalue weighted by Crippen LogP contribution is 2.32. The molecule has 132 valence electrons. The highest BCUT2D eigenvalue weighted by molar-refractivity contribution is 7.89. The average molecular weight is 356 g/mol. The molecular formula is C16H21FN2O4S. The standard InChI is InChI=1S/C16H21FN2O4S/c1-13(20)18-9-10-23-16(11-18)7-2-8-19(12-16)24(21,22)15-5-3-14(17)4-6-15/h3-6H,2,7-12H2,1H3. The van der Waals surface area contributed by atoms with Crippen molar-refractivity contribution in [3.63, 3.8) is 0 Å². The van der Waals surface area contributed by atoms with Gasteiger partial charge < -0.3 is 9.64 Å². The summed E-state index contributed by atoms with van der Waals surface area (Å²) in [7, 11) is -3.71. The monoisotopic (exact) mass is 356 g/mol. The van der Waals surface area contributed by atoms with Crippen LogP contribution in [0.5, 0.6) is 0 Å².